The molecule has 236 valence electrons. The van der Waals surface area contributed by atoms with Crippen LogP contribution in [0.5, 0.6) is 5.88 Å². The minimum Gasteiger partial charge on any atom is -0.480 e. The number of carbonyl (C=O) groups excluding carboxylic acids is 1. The van der Waals surface area contributed by atoms with Crippen molar-refractivity contribution in [1.29, 1.82) is 0 Å². The number of likely N-dealkylation sites (N-methyl/N-ethyl adjacent to an activating group) is 1. The van der Waals surface area contributed by atoms with E-state index in [2.05, 4.69) is 35.8 Å². The van der Waals surface area contributed by atoms with E-state index in [1.54, 1.807) is 46.0 Å². The van der Waals surface area contributed by atoms with Crippen LogP contribution >= 0.6 is 10.0 Å². The Morgan fingerprint density at radius 1 is 1.02 bits per heavy atom. The molecule has 0 saturated carbocycles. The van der Waals surface area contributed by atoms with Crippen LogP contribution in [0.1, 0.15) is 37.5 Å². The zero-order chi connectivity index (χ0) is 32.5. The third-order valence-corrected chi connectivity index (χ3v) is 10.6. The molecule has 4 N–H and O–H groups in total. The topological polar surface area (TPSA) is 164 Å². The van der Waals surface area contributed by atoms with Crippen molar-refractivity contribution in [3.05, 3.63) is 97.8 Å². The molecule has 1 atom stereocenters. The normalized spacial score (nSPS) is 17.4. The van der Waals surface area contributed by atoms with E-state index in [0.29, 0.717) is 16.0 Å². The number of methoxy groups -OCH3 is 1. The zero-order valence-electron chi connectivity index (χ0n) is 25.1. The summed E-state index contributed by atoms with van der Waals surface area (Å²) in [5.41, 5.74) is -1.43. The standard InChI is InChI=1S/C30H31F2N7O5S/c1-30(2,3)44-29(42)35-21-10-9-16(13-34-21)25-17(14-33-4)24-26(40)36-28(41)37-27(24)45(25,23-12-11-22(43-5)38-39-23)15-18-19(31)7-6-8-20(18)32/h6-13,33H,14-15H2,1-5H3,(H,34,35,42)(H2,36,37,40,41). The van der Waals surface area contributed by atoms with Crippen molar-refractivity contribution in [1.82, 2.24) is 30.5 Å². The summed E-state index contributed by atoms with van der Waals surface area (Å²) in [6.07, 6.45) is 0.755. The van der Waals surface area contributed by atoms with Crippen LogP contribution in [0.25, 0.3) is 10.5 Å². The fraction of sp³-hybridized carbons (Fsp3) is 0.267. The Labute approximate surface area is 257 Å². The monoisotopic (exact) mass is 639 g/mol. The second-order valence-corrected chi connectivity index (χ2v) is 14.0. The van der Waals surface area contributed by atoms with E-state index in [9.17, 15) is 14.4 Å². The maximum Gasteiger partial charge on any atom is 0.413 e. The number of anilines is 1. The molecule has 5 rings (SSSR count). The van der Waals surface area contributed by atoms with Gasteiger partial charge in [0.05, 0.1) is 17.7 Å². The smallest absolute Gasteiger partial charge is 0.413 e. The number of aromatic amines is 2. The van der Waals surface area contributed by atoms with E-state index >= 15 is 8.78 Å². The first-order valence-corrected chi connectivity index (χ1v) is 15.5. The summed E-state index contributed by atoms with van der Waals surface area (Å²) in [7, 11) is 0.101. The molecule has 4 heterocycles. The van der Waals surface area contributed by atoms with Crippen LogP contribution in [-0.4, -0.2) is 57.5 Å². The molecule has 12 nitrogen and oxygen atoms in total. The number of H-pyrrole nitrogens is 2. The van der Waals surface area contributed by atoms with E-state index in [-0.39, 0.29) is 45.2 Å². The molecular formula is C30H31F2N7O5S. The summed E-state index contributed by atoms with van der Waals surface area (Å²) in [5.74, 6) is -1.58. The summed E-state index contributed by atoms with van der Waals surface area (Å²) in [6.45, 7) is 5.32. The number of nitrogens with zero attached hydrogens (tertiary/aromatic N) is 3. The van der Waals surface area contributed by atoms with Crippen LogP contribution in [0.2, 0.25) is 0 Å². The lowest BCUT2D eigenvalue weighted by atomic mass is 10.1. The highest BCUT2D eigenvalue weighted by molar-refractivity contribution is 8.40. The molecule has 0 spiro atoms. The number of fused-ring (bicyclic) bond motifs is 1. The molecule has 1 aliphatic rings. The largest absolute Gasteiger partial charge is 0.480 e. The van der Waals surface area contributed by atoms with Gasteiger partial charge in [0.25, 0.3) is 5.56 Å². The molecule has 3 aromatic heterocycles. The third-order valence-electron chi connectivity index (χ3n) is 6.79. The SMILES string of the molecule is CNCC1=C(c2ccc(NC(=O)OC(C)(C)C)nc2)S(Cc2c(F)cccc2F)(c2ccc(OC)nn2)c2[nH]c(=O)[nH]c(=O)c21. The summed E-state index contributed by atoms with van der Waals surface area (Å²) < 4.78 is 41.3. The summed E-state index contributed by atoms with van der Waals surface area (Å²) in [6, 6.07) is 9.85. The highest BCUT2D eigenvalue weighted by atomic mass is 32.3. The van der Waals surface area contributed by atoms with Crippen LogP contribution in [0.3, 0.4) is 0 Å². The summed E-state index contributed by atoms with van der Waals surface area (Å²) in [4.78, 5) is 48.6. The van der Waals surface area contributed by atoms with Gasteiger partial charge in [0.15, 0.2) is 0 Å². The Kier molecular flexibility index (Phi) is 8.58. The Morgan fingerprint density at radius 2 is 1.76 bits per heavy atom. The number of nitrogens with one attached hydrogen (secondary N) is 4. The lowest BCUT2D eigenvalue weighted by molar-refractivity contribution is 0.0635. The maximum atomic E-state index is 15.4. The molecule has 45 heavy (non-hydrogen) atoms. The third kappa shape index (κ3) is 6.08. The number of aromatic nitrogens is 5. The van der Waals surface area contributed by atoms with E-state index in [1.165, 1.54) is 25.4 Å². The van der Waals surface area contributed by atoms with Crippen molar-refractivity contribution in [2.24, 2.45) is 0 Å². The van der Waals surface area contributed by atoms with Crippen molar-refractivity contribution in [3.8, 4) is 5.88 Å². The van der Waals surface area contributed by atoms with Crippen LogP contribution in [0, 0.1) is 11.6 Å². The van der Waals surface area contributed by atoms with Crippen molar-refractivity contribution in [2.45, 2.75) is 42.2 Å². The van der Waals surface area contributed by atoms with Gasteiger partial charge in [-0.05, 0) is 63.7 Å². The number of rotatable bonds is 8. The molecule has 1 amide bonds. The molecule has 1 unspecified atom stereocenters. The number of carbonyl (C=O) groups is 1. The molecule has 4 aromatic rings. The van der Waals surface area contributed by atoms with Crippen LogP contribution in [0.15, 0.2) is 68.3 Å². The quantitative estimate of drug-likeness (QED) is 0.205. The fourth-order valence-corrected chi connectivity index (χ4v) is 9.27. The van der Waals surface area contributed by atoms with Crippen LogP contribution in [-0.2, 0) is 10.5 Å². The Balaban J connectivity index is 1.81. The number of hydrogen-bond acceptors (Lipinski definition) is 9. The van der Waals surface area contributed by atoms with Crippen LogP contribution in [0.4, 0.5) is 19.4 Å². The molecule has 0 bridgehead atoms. The first kappa shape index (κ1) is 31.5. The maximum absolute atomic E-state index is 15.4. The second-order valence-electron chi connectivity index (χ2n) is 11.0. The molecule has 0 aliphatic carbocycles. The highest BCUT2D eigenvalue weighted by Gasteiger charge is 2.47. The second kappa shape index (κ2) is 12.2. The predicted molar refractivity (Wildman–Crippen MR) is 165 cm³/mol. The van der Waals surface area contributed by atoms with Gasteiger partial charge in [0.1, 0.15) is 28.1 Å². The average Bonchev–Trinajstić information content (AvgIpc) is 3.24. The Hall–Kier alpha value is -4.89. The van der Waals surface area contributed by atoms with Crippen LogP contribution < -0.4 is 26.6 Å². The number of halogens is 2. The lowest BCUT2D eigenvalue weighted by Crippen LogP contribution is -2.28. The van der Waals surface area contributed by atoms with Gasteiger partial charge >= 0.3 is 11.8 Å². The Bertz CT molecular complexity index is 1880. The van der Waals surface area contributed by atoms with Crippen molar-refractivity contribution >= 4 is 32.4 Å². The minimum atomic E-state index is -2.99. The Morgan fingerprint density at radius 3 is 2.33 bits per heavy atom. The van der Waals surface area contributed by atoms with Gasteiger partial charge in [-0.25, -0.2) is 23.4 Å². The van der Waals surface area contributed by atoms with Gasteiger partial charge in [0, 0.05) is 40.6 Å². The van der Waals surface area contributed by atoms with E-state index in [0.717, 1.165) is 12.1 Å². The molecule has 1 aliphatic heterocycles. The summed E-state index contributed by atoms with van der Waals surface area (Å²) >= 11 is 0. The van der Waals surface area contributed by atoms with Gasteiger partial charge in [-0.15, -0.1) is 20.2 Å². The molecule has 0 fully saturated rings. The molecule has 15 heteroatoms. The molecule has 1 aromatic carbocycles. The van der Waals surface area contributed by atoms with Crippen molar-refractivity contribution in [2.75, 3.05) is 26.0 Å². The minimum absolute atomic E-state index is 0.132. The van der Waals surface area contributed by atoms with Gasteiger partial charge in [-0.3, -0.25) is 15.1 Å². The number of amides is 1. The van der Waals surface area contributed by atoms with Gasteiger partial charge < -0.3 is 19.8 Å². The first-order valence-electron chi connectivity index (χ1n) is 13.7. The van der Waals surface area contributed by atoms with E-state index < -0.39 is 44.6 Å². The average molecular weight is 640 g/mol. The number of ether oxygens (including phenoxy) is 2. The number of pyridine rings is 1. The number of benzene rings is 1. The highest BCUT2D eigenvalue weighted by Crippen LogP contribution is 2.77. The zero-order valence-corrected chi connectivity index (χ0v) is 25.9. The lowest BCUT2D eigenvalue weighted by Gasteiger charge is -2.38. The predicted octanol–water partition coefficient (Wildman–Crippen LogP) is 4.41. The van der Waals surface area contributed by atoms with Crippen molar-refractivity contribution in [3.63, 3.8) is 0 Å². The van der Waals surface area contributed by atoms with Crippen molar-refractivity contribution < 1.29 is 23.0 Å². The van der Waals surface area contributed by atoms with E-state index in [4.69, 9.17) is 9.47 Å². The molecule has 0 saturated heterocycles. The fourth-order valence-electron chi connectivity index (χ4n) is 5.07. The molecular weight excluding hydrogens is 608 g/mol. The number of hydrogen-bond donors (Lipinski definition) is 4. The summed E-state index contributed by atoms with van der Waals surface area (Å²) in [5, 5.41) is 14.6. The van der Waals surface area contributed by atoms with E-state index in [1.807, 2.05) is 0 Å². The van der Waals surface area contributed by atoms with Gasteiger partial charge in [-0.1, -0.05) is 6.07 Å². The molecule has 0 radical (unpaired) electrons. The van der Waals surface area contributed by atoms with Gasteiger partial charge in [0.2, 0.25) is 5.88 Å². The van der Waals surface area contributed by atoms with Gasteiger partial charge in [-0.2, -0.15) is 0 Å². The first-order chi connectivity index (χ1) is 21.4.